The Morgan fingerprint density at radius 3 is 2.81 bits per heavy atom. The van der Waals surface area contributed by atoms with Crippen molar-refractivity contribution in [1.82, 2.24) is 9.88 Å². The summed E-state index contributed by atoms with van der Waals surface area (Å²) in [6, 6.07) is 12.9. The van der Waals surface area contributed by atoms with E-state index >= 15 is 0 Å². The summed E-state index contributed by atoms with van der Waals surface area (Å²) >= 11 is 0. The van der Waals surface area contributed by atoms with Gasteiger partial charge in [0.15, 0.2) is 5.78 Å². The van der Waals surface area contributed by atoms with Crippen molar-refractivity contribution in [2.75, 3.05) is 18.0 Å². The molecule has 2 aliphatic heterocycles. The number of primary amides is 1. The number of allylic oxidation sites excluding steroid dienone is 2. The van der Waals surface area contributed by atoms with Gasteiger partial charge in [-0.05, 0) is 48.1 Å². The summed E-state index contributed by atoms with van der Waals surface area (Å²) in [6.45, 7) is 1.16. The van der Waals surface area contributed by atoms with E-state index in [1.165, 1.54) is 0 Å². The van der Waals surface area contributed by atoms with E-state index < -0.39 is 6.03 Å². The Morgan fingerprint density at radius 1 is 1.12 bits per heavy atom. The number of nitrogens with zero attached hydrogens (tertiary/aromatic N) is 2. The summed E-state index contributed by atoms with van der Waals surface area (Å²) < 4.78 is 0. The molecule has 158 valence electrons. The molecule has 3 amide bonds. The molecule has 7 rings (SSSR count). The smallest absolute Gasteiger partial charge is 0.319 e. The van der Waals surface area contributed by atoms with Gasteiger partial charge in [0.05, 0.1) is 0 Å². The lowest BCUT2D eigenvalue weighted by molar-refractivity contribution is 0.0806. The molecule has 0 unspecified atom stereocenters. The van der Waals surface area contributed by atoms with Gasteiger partial charge in [-0.1, -0.05) is 24.3 Å². The van der Waals surface area contributed by atoms with Crippen LogP contribution in [-0.4, -0.2) is 40.7 Å². The second kappa shape index (κ2) is 5.68. The third-order valence-electron chi connectivity index (χ3n) is 7.71. The minimum Gasteiger partial charge on any atom is -0.351 e. The summed E-state index contributed by atoms with van der Waals surface area (Å²) in [5.41, 5.74) is 11.1. The van der Waals surface area contributed by atoms with Gasteiger partial charge in [0.2, 0.25) is 0 Å². The van der Waals surface area contributed by atoms with Crippen LogP contribution in [0, 0.1) is 5.92 Å². The van der Waals surface area contributed by atoms with Crippen molar-refractivity contribution in [3.8, 4) is 0 Å². The zero-order valence-corrected chi connectivity index (χ0v) is 17.2. The minimum atomic E-state index is -0.467. The van der Waals surface area contributed by atoms with Crippen LogP contribution in [0.15, 0.2) is 54.2 Å². The zero-order valence-electron chi connectivity index (χ0n) is 17.2. The lowest BCUT2D eigenvalue weighted by Gasteiger charge is -2.29. The number of piperidine rings is 1. The number of carbonyl (C=O) groups is 3. The van der Waals surface area contributed by atoms with E-state index in [0.717, 1.165) is 45.4 Å². The number of anilines is 1. The van der Waals surface area contributed by atoms with Crippen molar-refractivity contribution in [3.63, 3.8) is 0 Å². The summed E-state index contributed by atoms with van der Waals surface area (Å²) in [5.74, 6) is 0.196. The second-order valence-electron chi connectivity index (χ2n) is 9.17. The average Bonchev–Trinajstić information content (AvgIpc) is 3.13. The van der Waals surface area contributed by atoms with E-state index in [9.17, 15) is 14.4 Å². The number of likely N-dealkylation sites (tertiary alicyclic amines) is 1. The fraction of sp³-hybridized carbons (Fsp3) is 0.240. The first kappa shape index (κ1) is 17.8. The van der Waals surface area contributed by atoms with Crippen LogP contribution < -0.4 is 10.6 Å². The van der Waals surface area contributed by atoms with Gasteiger partial charge in [-0.2, -0.15) is 0 Å². The number of hydrogen-bond acceptors (Lipinski definition) is 3. The van der Waals surface area contributed by atoms with Gasteiger partial charge in [0.25, 0.3) is 5.91 Å². The molecule has 1 spiro atoms. The molecule has 1 aromatic heterocycles. The number of urea groups is 1. The molecule has 1 saturated heterocycles. The van der Waals surface area contributed by atoms with Crippen molar-refractivity contribution in [2.24, 2.45) is 11.7 Å². The number of fused-ring (bicyclic) bond motifs is 4. The molecule has 7 heteroatoms. The Labute approximate surface area is 183 Å². The number of ketones is 1. The Bertz CT molecular complexity index is 1430. The van der Waals surface area contributed by atoms with Crippen LogP contribution in [-0.2, 0) is 11.8 Å². The van der Waals surface area contributed by atoms with E-state index in [2.05, 4.69) is 4.98 Å². The zero-order chi connectivity index (χ0) is 21.8. The number of aromatic amines is 1. The second-order valence-corrected chi connectivity index (χ2v) is 9.17. The van der Waals surface area contributed by atoms with Gasteiger partial charge in [-0.15, -0.1) is 0 Å². The largest absolute Gasteiger partial charge is 0.351 e. The maximum absolute atomic E-state index is 13.6. The van der Waals surface area contributed by atoms with E-state index in [1.807, 2.05) is 42.5 Å². The molecular weight excluding hydrogens is 404 g/mol. The summed E-state index contributed by atoms with van der Waals surface area (Å²) in [6.07, 6.45) is 3.35. The Kier molecular flexibility index (Phi) is 3.15. The molecule has 2 aliphatic carbocycles. The monoisotopic (exact) mass is 424 g/mol. The van der Waals surface area contributed by atoms with Gasteiger partial charge in [0.1, 0.15) is 5.69 Å². The number of H-pyrrole nitrogens is 1. The number of nitrogens with two attached hydrogens (primary N) is 1. The highest BCUT2D eigenvalue weighted by atomic mass is 16.2. The van der Waals surface area contributed by atoms with Gasteiger partial charge < -0.3 is 15.6 Å². The molecule has 2 fully saturated rings. The molecule has 7 nitrogen and oxygen atoms in total. The van der Waals surface area contributed by atoms with Crippen LogP contribution in [0.25, 0.3) is 10.9 Å². The van der Waals surface area contributed by atoms with Crippen molar-refractivity contribution in [1.29, 1.82) is 0 Å². The SMILES string of the molecule is NC(=O)N1CCc2c1ccc1[nH]c(C(=O)N3C[C@H]4C[C@@]45C3=CC(=O)c3ccccc35)cc21. The predicted octanol–water partition coefficient (Wildman–Crippen LogP) is 3.10. The average molecular weight is 424 g/mol. The van der Waals surface area contributed by atoms with E-state index in [-0.39, 0.29) is 17.1 Å². The van der Waals surface area contributed by atoms with Gasteiger partial charge in [-0.3, -0.25) is 14.5 Å². The standard InChI is InChI=1S/C25H20N4O3/c26-24(32)28-8-7-14-16-9-19(27-18(16)5-6-20(14)28)23(31)29-12-13-11-25(13)17-4-2-1-3-15(17)21(30)10-22(25)29/h1-6,9-10,13,27H,7-8,11-12H2,(H2,26,32)/t13-,25-/m1/s1. The number of nitrogens with one attached hydrogen (secondary N) is 1. The van der Waals surface area contributed by atoms with Gasteiger partial charge >= 0.3 is 6.03 Å². The lowest BCUT2D eigenvalue weighted by atomic mass is 9.81. The van der Waals surface area contributed by atoms with Crippen molar-refractivity contribution in [3.05, 3.63) is 76.6 Å². The Balaban J connectivity index is 1.28. The van der Waals surface area contributed by atoms with Crippen molar-refractivity contribution >= 4 is 34.3 Å². The third kappa shape index (κ3) is 2.03. The highest BCUT2D eigenvalue weighted by Crippen LogP contribution is 2.66. The molecule has 3 aromatic rings. The number of carbonyl (C=O) groups excluding carboxylic acids is 3. The molecule has 4 aliphatic rings. The highest BCUT2D eigenvalue weighted by molar-refractivity contribution is 6.10. The predicted molar refractivity (Wildman–Crippen MR) is 119 cm³/mol. The number of aromatic nitrogens is 1. The summed E-state index contributed by atoms with van der Waals surface area (Å²) in [4.78, 5) is 44.7. The topological polar surface area (TPSA) is 99.5 Å². The Morgan fingerprint density at radius 2 is 1.97 bits per heavy atom. The number of hydrogen-bond donors (Lipinski definition) is 2. The molecular formula is C25H20N4O3. The molecule has 0 bridgehead atoms. The molecule has 3 heterocycles. The van der Waals surface area contributed by atoms with Crippen LogP contribution in [0.5, 0.6) is 0 Å². The molecule has 1 saturated carbocycles. The number of benzene rings is 2. The molecule has 3 N–H and O–H groups in total. The van der Waals surface area contributed by atoms with E-state index in [0.29, 0.717) is 31.1 Å². The van der Waals surface area contributed by atoms with Crippen LogP contribution >= 0.6 is 0 Å². The van der Waals surface area contributed by atoms with Crippen LogP contribution in [0.1, 0.15) is 38.4 Å². The number of rotatable bonds is 1. The Hall–Kier alpha value is -3.87. The van der Waals surface area contributed by atoms with Crippen molar-refractivity contribution in [2.45, 2.75) is 18.3 Å². The normalized spacial score (nSPS) is 24.7. The van der Waals surface area contributed by atoms with Crippen molar-refractivity contribution < 1.29 is 14.4 Å². The summed E-state index contributed by atoms with van der Waals surface area (Å²) in [5, 5.41) is 0.938. The van der Waals surface area contributed by atoms with Crippen LogP contribution in [0.3, 0.4) is 0 Å². The lowest BCUT2D eigenvalue weighted by Crippen LogP contribution is -2.33. The minimum absolute atomic E-state index is 0.0346. The molecule has 2 atom stereocenters. The van der Waals surface area contributed by atoms with Gasteiger partial charge in [-0.25, -0.2) is 4.79 Å². The number of amides is 3. The molecule has 2 aromatic carbocycles. The van der Waals surface area contributed by atoms with E-state index in [1.54, 1.807) is 15.9 Å². The molecule has 32 heavy (non-hydrogen) atoms. The quantitative estimate of drug-likeness (QED) is 0.628. The van der Waals surface area contributed by atoms with Gasteiger partial charge in [0, 0.05) is 52.4 Å². The van der Waals surface area contributed by atoms with E-state index in [4.69, 9.17) is 5.73 Å². The maximum atomic E-state index is 13.6. The highest BCUT2D eigenvalue weighted by Gasteiger charge is 2.67. The molecule has 0 radical (unpaired) electrons. The van der Waals surface area contributed by atoms with Crippen LogP contribution in [0.2, 0.25) is 0 Å². The fourth-order valence-corrected chi connectivity index (χ4v) is 6.18. The fourth-order valence-electron chi connectivity index (χ4n) is 6.18. The third-order valence-corrected chi connectivity index (χ3v) is 7.71. The first-order chi connectivity index (χ1) is 15.5. The maximum Gasteiger partial charge on any atom is 0.319 e. The van der Waals surface area contributed by atoms with Crippen LogP contribution in [0.4, 0.5) is 10.5 Å². The first-order valence-electron chi connectivity index (χ1n) is 10.9. The summed E-state index contributed by atoms with van der Waals surface area (Å²) in [7, 11) is 0. The first-order valence-corrected chi connectivity index (χ1v) is 10.9.